The van der Waals surface area contributed by atoms with Gasteiger partial charge in [0.25, 0.3) is 0 Å². The van der Waals surface area contributed by atoms with Crippen LogP contribution in [-0.2, 0) is 14.8 Å². The SMILES string of the molecule is CCN(CCCNS(=O)(=O)c1ccc2c(c1)NC(=O)CC(C)S2)c1ccccc1. The number of sulfonamides is 1. The van der Waals surface area contributed by atoms with Crippen molar-refractivity contribution in [2.24, 2.45) is 0 Å². The molecule has 156 valence electrons. The van der Waals surface area contributed by atoms with E-state index in [0.29, 0.717) is 25.1 Å². The standard InChI is InChI=1S/C21H27N3O3S2/c1-3-24(17-8-5-4-6-9-17)13-7-12-22-29(26,27)18-10-11-20-19(15-18)23-21(25)14-16(2)28-20/h4-6,8-11,15-16,22H,3,7,12-14H2,1-2H3,(H,23,25). The van der Waals surface area contributed by atoms with E-state index < -0.39 is 10.0 Å². The Morgan fingerprint density at radius 2 is 1.97 bits per heavy atom. The Morgan fingerprint density at radius 1 is 1.21 bits per heavy atom. The van der Waals surface area contributed by atoms with E-state index in [0.717, 1.165) is 23.7 Å². The predicted molar refractivity (Wildman–Crippen MR) is 119 cm³/mol. The second kappa shape index (κ2) is 9.65. The van der Waals surface area contributed by atoms with Gasteiger partial charge in [-0.15, -0.1) is 11.8 Å². The van der Waals surface area contributed by atoms with E-state index in [-0.39, 0.29) is 16.1 Å². The summed E-state index contributed by atoms with van der Waals surface area (Å²) in [5, 5.41) is 2.97. The summed E-state index contributed by atoms with van der Waals surface area (Å²) in [6.45, 7) is 6.04. The number of rotatable bonds is 8. The van der Waals surface area contributed by atoms with Gasteiger partial charge in [0.05, 0.1) is 10.6 Å². The lowest BCUT2D eigenvalue weighted by atomic mass is 10.2. The van der Waals surface area contributed by atoms with Gasteiger partial charge in [0.1, 0.15) is 0 Å². The second-order valence-corrected chi connectivity index (χ2v) is 10.3. The zero-order valence-electron chi connectivity index (χ0n) is 16.7. The molecule has 1 aliphatic rings. The molecule has 1 unspecified atom stereocenters. The van der Waals surface area contributed by atoms with Crippen molar-refractivity contribution >= 4 is 39.1 Å². The molecule has 0 aliphatic carbocycles. The van der Waals surface area contributed by atoms with Crippen molar-refractivity contribution in [2.75, 3.05) is 29.9 Å². The first kappa shape index (κ1) is 21.7. The van der Waals surface area contributed by atoms with Crippen molar-refractivity contribution < 1.29 is 13.2 Å². The summed E-state index contributed by atoms with van der Waals surface area (Å²) in [7, 11) is -3.64. The first-order valence-corrected chi connectivity index (χ1v) is 12.2. The van der Waals surface area contributed by atoms with Crippen LogP contribution in [-0.4, -0.2) is 39.2 Å². The van der Waals surface area contributed by atoms with Gasteiger partial charge >= 0.3 is 0 Å². The summed E-state index contributed by atoms with van der Waals surface area (Å²) in [6, 6.07) is 15.0. The minimum atomic E-state index is -3.64. The monoisotopic (exact) mass is 433 g/mol. The molecule has 0 saturated carbocycles. The molecule has 0 radical (unpaired) electrons. The fourth-order valence-corrected chi connectivity index (χ4v) is 5.42. The predicted octanol–water partition coefficient (Wildman–Crippen LogP) is 3.70. The normalized spacial score (nSPS) is 16.6. The number of nitrogens with one attached hydrogen (secondary N) is 2. The molecule has 0 fully saturated rings. The number of anilines is 2. The molecule has 2 aromatic rings. The van der Waals surface area contributed by atoms with Crippen LogP contribution in [0.4, 0.5) is 11.4 Å². The molecule has 6 nitrogen and oxygen atoms in total. The average molecular weight is 434 g/mol. The van der Waals surface area contributed by atoms with Crippen molar-refractivity contribution in [3.05, 3.63) is 48.5 Å². The molecule has 0 spiro atoms. The Bertz CT molecular complexity index is 949. The molecule has 1 heterocycles. The van der Waals surface area contributed by atoms with Crippen LogP contribution in [0.15, 0.2) is 58.3 Å². The van der Waals surface area contributed by atoms with Gasteiger partial charge in [0.15, 0.2) is 0 Å². The molecule has 2 aromatic carbocycles. The summed E-state index contributed by atoms with van der Waals surface area (Å²) >= 11 is 1.58. The molecule has 0 saturated heterocycles. The van der Waals surface area contributed by atoms with E-state index in [4.69, 9.17) is 0 Å². The highest BCUT2D eigenvalue weighted by Gasteiger charge is 2.22. The number of carbonyl (C=O) groups excluding carboxylic acids is 1. The molecule has 1 amide bonds. The van der Waals surface area contributed by atoms with E-state index in [9.17, 15) is 13.2 Å². The lowest BCUT2D eigenvalue weighted by Gasteiger charge is -2.23. The molecular formula is C21H27N3O3S2. The summed E-state index contributed by atoms with van der Waals surface area (Å²) in [5.74, 6) is -0.0909. The summed E-state index contributed by atoms with van der Waals surface area (Å²) < 4.78 is 28.1. The molecule has 0 bridgehead atoms. The molecular weight excluding hydrogens is 406 g/mol. The molecule has 29 heavy (non-hydrogen) atoms. The number of hydrogen-bond acceptors (Lipinski definition) is 5. The third kappa shape index (κ3) is 5.74. The Hall–Kier alpha value is -2.03. The van der Waals surface area contributed by atoms with Crippen molar-refractivity contribution in [3.63, 3.8) is 0 Å². The number of thioether (sulfide) groups is 1. The van der Waals surface area contributed by atoms with Gasteiger partial charge < -0.3 is 10.2 Å². The minimum absolute atomic E-state index is 0.0909. The lowest BCUT2D eigenvalue weighted by Crippen LogP contribution is -2.30. The fourth-order valence-electron chi connectivity index (χ4n) is 3.27. The highest BCUT2D eigenvalue weighted by atomic mass is 32.2. The number of para-hydroxylation sites is 1. The summed E-state index contributed by atoms with van der Waals surface area (Å²) in [5.41, 5.74) is 1.69. The van der Waals surface area contributed by atoms with Gasteiger partial charge in [-0.2, -0.15) is 0 Å². The van der Waals surface area contributed by atoms with Crippen molar-refractivity contribution in [1.29, 1.82) is 0 Å². The van der Waals surface area contributed by atoms with Gasteiger partial charge in [-0.25, -0.2) is 13.1 Å². The zero-order valence-corrected chi connectivity index (χ0v) is 18.4. The highest BCUT2D eigenvalue weighted by Crippen LogP contribution is 2.36. The topological polar surface area (TPSA) is 78.5 Å². The minimum Gasteiger partial charge on any atom is -0.372 e. The zero-order chi connectivity index (χ0) is 20.9. The van der Waals surface area contributed by atoms with E-state index in [1.54, 1.807) is 30.0 Å². The number of benzene rings is 2. The lowest BCUT2D eigenvalue weighted by molar-refractivity contribution is -0.116. The Morgan fingerprint density at radius 3 is 2.69 bits per heavy atom. The van der Waals surface area contributed by atoms with E-state index in [1.807, 2.05) is 25.1 Å². The third-order valence-electron chi connectivity index (χ3n) is 4.74. The summed E-state index contributed by atoms with van der Waals surface area (Å²) in [6.07, 6.45) is 1.10. The van der Waals surface area contributed by atoms with Crippen LogP contribution in [0.25, 0.3) is 0 Å². The maximum Gasteiger partial charge on any atom is 0.240 e. The van der Waals surface area contributed by atoms with E-state index in [2.05, 4.69) is 34.0 Å². The Kier molecular flexibility index (Phi) is 7.21. The van der Waals surface area contributed by atoms with Crippen LogP contribution in [0.2, 0.25) is 0 Å². The first-order chi connectivity index (χ1) is 13.9. The van der Waals surface area contributed by atoms with Gasteiger partial charge in [-0.1, -0.05) is 25.1 Å². The first-order valence-electron chi connectivity index (χ1n) is 9.79. The smallest absolute Gasteiger partial charge is 0.240 e. The number of amides is 1. The largest absolute Gasteiger partial charge is 0.372 e. The number of fused-ring (bicyclic) bond motifs is 1. The number of carbonyl (C=O) groups is 1. The van der Waals surface area contributed by atoms with Crippen molar-refractivity contribution in [2.45, 2.75) is 41.7 Å². The molecule has 1 aliphatic heterocycles. The molecule has 2 N–H and O–H groups in total. The maximum atomic E-state index is 12.7. The highest BCUT2D eigenvalue weighted by molar-refractivity contribution is 8.00. The van der Waals surface area contributed by atoms with Crippen LogP contribution in [0.5, 0.6) is 0 Å². The number of hydrogen-bond donors (Lipinski definition) is 2. The second-order valence-electron chi connectivity index (χ2n) is 7.01. The van der Waals surface area contributed by atoms with Crippen molar-refractivity contribution in [1.82, 2.24) is 4.72 Å². The third-order valence-corrected chi connectivity index (χ3v) is 7.37. The molecule has 0 aromatic heterocycles. The number of nitrogens with zero attached hydrogens (tertiary/aromatic N) is 1. The maximum absolute atomic E-state index is 12.7. The van der Waals surface area contributed by atoms with Gasteiger partial charge in [0, 0.05) is 41.9 Å². The van der Waals surface area contributed by atoms with E-state index in [1.165, 1.54) is 0 Å². The van der Waals surface area contributed by atoms with E-state index >= 15 is 0 Å². The molecule has 8 heteroatoms. The molecule has 3 rings (SSSR count). The van der Waals surface area contributed by atoms with Gasteiger partial charge in [0.2, 0.25) is 15.9 Å². The fraction of sp³-hybridized carbons (Fsp3) is 0.381. The Balaban J connectivity index is 1.61. The Labute approximate surface area is 177 Å². The summed E-state index contributed by atoms with van der Waals surface area (Å²) in [4.78, 5) is 15.2. The van der Waals surface area contributed by atoms with Crippen LogP contribution in [0.3, 0.4) is 0 Å². The van der Waals surface area contributed by atoms with Crippen LogP contribution < -0.4 is 14.9 Å². The van der Waals surface area contributed by atoms with Crippen LogP contribution >= 0.6 is 11.8 Å². The van der Waals surface area contributed by atoms with Crippen LogP contribution in [0, 0.1) is 0 Å². The van der Waals surface area contributed by atoms with Gasteiger partial charge in [-0.3, -0.25) is 4.79 Å². The average Bonchev–Trinajstić information content (AvgIpc) is 2.84. The van der Waals surface area contributed by atoms with Gasteiger partial charge in [-0.05, 0) is 43.7 Å². The van der Waals surface area contributed by atoms with Crippen molar-refractivity contribution in [3.8, 4) is 0 Å². The molecule has 1 atom stereocenters. The van der Waals surface area contributed by atoms with Crippen LogP contribution in [0.1, 0.15) is 26.7 Å². The quantitative estimate of drug-likeness (QED) is 0.621.